The smallest absolute Gasteiger partial charge is 0.0939 e. The zero-order valence-corrected chi connectivity index (χ0v) is 13.0. The third-order valence-corrected chi connectivity index (χ3v) is 4.22. The fraction of sp³-hybridized carbons (Fsp3) is 0.368. The van der Waals surface area contributed by atoms with Crippen molar-refractivity contribution in [3.05, 3.63) is 60.4 Å². The molecule has 2 nitrogen and oxygen atoms in total. The molecule has 2 heteroatoms. The molecule has 2 aromatic rings. The van der Waals surface area contributed by atoms with Crippen molar-refractivity contribution in [3.63, 3.8) is 0 Å². The summed E-state index contributed by atoms with van der Waals surface area (Å²) < 4.78 is 0. The lowest BCUT2D eigenvalue weighted by molar-refractivity contribution is 0.184. The molecule has 3 rings (SSSR count). The van der Waals surface area contributed by atoms with E-state index in [1.165, 1.54) is 16.3 Å². The molecule has 2 aromatic carbocycles. The van der Waals surface area contributed by atoms with Crippen LogP contribution in [0.1, 0.15) is 25.3 Å². The minimum absolute atomic E-state index is 0.632. The monoisotopic (exact) mass is 280 g/mol. The van der Waals surface area contributed by atoms with Crippen LogP contribution in [0.3, 0.4) is 0 Å². The summed E-state index contributed by atoms with van der Waals surface area (Å²) in [7, 11) is 0. The van der Waals surface area contributed by atoms with E-state index in [4.69, 9.17) is 0 Å². The quantitative estimate of drug-likeness (QED) is 0.892. The molecular formula is C19H24N2. The van der Waals surface area contributed by atoms with E-state index in [0.29, 0.717) is 11.8 Å². The molecule has 1 aliphatic heterocycles. The molecule has 1 fully saturated rings. The van der Waals surface area contributed by atoms with E-state index in [0.717, 1.165) is 25.5 Å². The van der Waals surface area contributed by atoms with Crippen molar-refractivity contribution in [2.24, 2.45) is 5.92 Å². The van der Waals surface area contributed by atoms with Crippen molar-refractivity contribution < 1.29 is 0 Å². The third kappa shape index (κ3) is 3.05. The summed E-state index contributed by atoms with van der Waals surface area (Å²) in [4.78, 5) is 2.34. The molecule has 0 aromatic heterocycles. The number of nitrogens with one attached hydrogen (secondary N) is 1. The van der Waals surface area contributed by atoms with Gasteiger partial charge in [0.15, 0.2) is 0 Å². The summed E-state index contributed by atoms with van der Waals surface area (Å²) in [5.41, 5.74) is 1.45. The maximum atomic E-state index is 4.14. The molecule has 1 aliphatic rings. The number of benzene rings is 2. The first kappa shape index (κ1) is 14.0. The highest BCUT2D eigenvalue weighted by atomic mass is 15.3. The fourth-order valence-electron chi connectivity index (χ4n) is 2.81. The van der Waals surface area contributed by atoms with Crippen LogP contribution in [-0.2, 0) is 0 Å². The molecule has 1 heterocycles. The number of rotatable bonds is 5. The lowest BCUT2D eigenvalue weighted by atomic mass is 9.90. The number of hydrogen-bond acceptors (Lipinski definition) is 2. The van der Waals surface area contributed by atoms with Crippen LogP contribution in [0.5, 0.6) is 0 Å². The Balaban J connectivity index is 1.61. The van der Waals surface area contributed by atoms with E-state index < -0.39 is 0 Å². The Kier molecular flexibility index (Phi) is 3.87. The van der Waals surface area contributed by atoms with Crippen molar-refractivity contribution in [2.75, 3.05) is 19.6 Å². The van der Waals surface area contributed by atoms with Gasteiger partial charge in [-0.2, -0.15) is 0 Å². The van der Waals surface area contributed by atoms with E-state index in [1.807, 2.05) is 0 Å². The zero-order chi connectivity index (χ0) is 14.8. The normalized spacial score (nSPS) is 15.3. The molecule has 1 N–H and O–H groups in total. The molecule has 21 heavy (non-hydrogen) atoms. The predicted molar refractivity (Wildman–Crippen MR) is 90.2 cm³/mol. The Morgan fingerprint density at radius 3 is 2.62 bits per heavy atom. The van der Waals surface area contributed by atoms with E-state index >= 15 is 0 Å². The standard InChI is InChI=1S/C19H24N2/c1-14(2)11-20-15(3)21-12-19(13-21)18-9-8-16-6-4-5-7-17(16)10-18/h4-10,14,19-20H,3,11-13H2,1-2H3. The minimum atomic E-state index is 0.632. The Bertz CT molecular complexity index is 639. The van der Waals surface area contributed by atoms with Crippen LogP contribution in [-0.4, -0.2) is 24.5 Å². The molecule has 0 aliphatic carbocycles. The molecule has 0 radical (unpaired) electrons. The number of hydrogen-bond donors (Lipinski definition) is 1. The van der Waals surface area contributed by atoms with Gasteiger partial charge < -0.3 is 10.2 Å². The minimum Gasteiger partial charge on any atom is -0.372 e. The van der Waals surface area contributed by atoms with Crippen LogP contribution in [0.25, 0.3) is 10.8 Å². The lowest BCUT2D eigenvalue weighted by Crippen LogP contribution is -2.47. The van der Waals surface area contributed by atoms with Crippen molar-refractivity contribution >= 4 is 10.8 Å². The Morgan fingerprint density at radius 2 is 1.90 bits per heavy atom. The van der Waals surface area contributed by atoms with Gasteiger partial charge in [0.1, 0.15) is 0 Å². The molecular weight excluding hydrogens is 256 g/mol. The molecule has 1 saturated heterocycles. The fourth-order valence-corrected chi connectivity index (χ4v) is 2.81. The second-order valence-electron chi connectivity index (χ2n) is 6.43. The van der Waals surface area contributed by atoms with Crippen molar-refractivity contribution in [3.8, 4) is 0 Å². The first-order valence-corrected chi connectivity index (χ1v) is 7.80. The van der Waals surface area contributed by atoms with E-state index in [-0.39, 0.29) is 0 Å². The van der Waals surface area contributed by atoms with Crippen molar-refractivity contribution in [1.82, 2.24) is 10.2 Å². The van der Waals surface area contributed by atoms with E-state index in [9.17, 15) is 0 Å². The summed E-state index contributed by atoms with van der Waals surface area (Å²) in [6, 6.07) is 15.4. The number of fused-ring (bicyclic) bond motifs is 1. The predicted octanol–water partition coefficient (Wildman–Crippen LogP) is 3.96. The molecule has 0 amide bonds. The van der Waals surface area contributed by atoms with Crippen molar-refractivity contribution in [1.29, 1.82) is 0 Å². The summed E-state index contributed by atoms with van der Waals surface area (Å²) in [6.45, 7) is 11.7. The number of nitrogens with zero attached hydrogens (tertiary/aromatic N) is 1. The first-order chi connectivity index (χ1) is 10.1. The Hall–Kier alpha value is -1.96. The summed E-state index contributed by atoms with van der Waals surface area (Å²) in [6.07, 6.45) is 0. The van der Waals surface area contributed by atoms with E-state index in [2.05, 4.69) is 73.1 Å². The zero-order valence-electron chi connectivity index (χ0n) is 13.0. The highest BCUT2D eigenvalue weighted by Gasteiger charge is 2.28. The van der Waals surface area contributed by atoms with Gasteiger partial charge in [-0.1, -0.05) is 62.9 Å². The Morgan fingerprint density at radius 1 is 1.19 bits per heavy atom. The van der Waals surface area contributed by atoms with Gasteiger partial charge >= 0.3 is 0 Å². The lowest BCUT2D eigenvalue weighted by Gasteiger charge is -2.42. The molecule has 0 unspecified atom stereocenters. The van der Waals surface area contributed by atoms with Crippen LogP contribution in [0.2, 0.25) is 0 Å². The molecule has 0 atom stereocenters. The molecule has 0 bridgehead atoms. The summed E-state index contributed by atoms with van der Waals surface area (Å²) in [5, 5.41) is 6.08. The van der Waals surface area contributed by atoms with Crippen LogP contribution in [0, 0.1) is 5.92 Å². The first-order valence-electron chi connectivity index (χ1n) is 7.80. The van der Waals surface area contributed by atoms with Gasteiger partial charge in [0.2, 0.25) is 0 Å². The largest absolute Gasteiger partial charge is 0.372 e. The maximum Gasteiger partial charge on any atom is 0.0939 e. The SMILES string of the molecule is C=C(NCC(C)C)N1CC(c2ccc3ccccc3c2)C1. The van der Waals surface area contributed by atoms with E-state index in [1.54, 1.807) is 0 Å². The molecule has 0 spiro atoms. The average Bonchev–Trinajstić information content (AvgIpc) is 2.43. The van der Waals surface area contributed by atoms with Gasteiger partial charge in [-0.25, -0.2) is 0 Å². The van der Waals surface area contributed by atoms with Gasteiger partial charge in [0.05, 0.1) is 5.82 Å². The summed E-state index contributed by atoms with van der Waals surface area (Å²) in [5.74, 6) is 2.35. The maximum absolute atomic E-state index is 4.14. The van der Waals surface area contributed by atoms with Crippen LogP contribution in [0.15, 0.2) is 54.9 Å². The van der Waals surface area contributed by atoms with Gasteiger partial charge in [0, 0.05) is 25.6 Å². The van der Waals surface area contributed by atoms with Crippen LogP contribution < -0.4 is 5.32 Å². The molecule has 0 saturated carbocycles. The topological polar surface area (TPSA) is 15.3 Å². The number of likely N-dealkylation sites (tertiary alicyclic amines) is 1. The second kappa shape index (κ2) is 5.80. The van der Waals surface area contributed by atoms with Gasteiger partial charge in [-0.15, -0.1) is 0 Å². The van der Waals surface area contributed by atoms with Crippen LogP contribution in [0.4, 0.5) is 0 Å². The Labute approximate surface area is 127 Å². The third-order valence-electron chi connectivity index (χ3n) is 4.22. The van der Waals surface area contributed by atoms with Crippen LogP contribution >= 0.6 is 0 Å². The van der Waals surface area contributed by atoms with Crippen molar-refractivity contribution in [2.45, 2.75) is 19.8 Å². The second-order valence-corrected chi connectivity index (χ2v) is 6.43. The highest BCUT2D eigenvalue weighted by Crippen LogP contribution is 2.30. The van der Waals surface area contributed by atoms with Gasteiger partial charge in [-0.3, -0.25) is 0 Å². The molecule has 110 valence electrons. The highest BCUT2D eigenvalue weighted by molar-refractivity contribution is 5.83. The summed E-state index contributed by atoms with van der Waals surface area (Å²) >= 11 is 0. The van der Waals surface area contributed by atoms with Gasteiger partial charge in [0.25, 0.3) is 0 Å². The van der Waals surface area contributed by atoms with Gasteiger partial charge in [-0.05, 0) is 22.3 Å². The average molecular weight is 280 g/mol.